The molecule has 9 heteroatoms. The molecule has 2 N–H and O–H groups in total. The number of methoxy groups -OCH3 is 1. The van der Waals surface area contributed by atoms with Crippen molar-refractivity contribution < 1.29 is 24.0 Å². The lowest BCUT2D eigenvalue weighted by Gasteiger charge is -2.09. The second kappa shape index (κ2) is 8.47. The van der Waals surface area contributed by atoms with Gasteiger partial charge in [-0.2, -0.15) is 0 Å². The monoisotopic (exact) mass is 359 g/mol. The van der Waals surface area contributed by atoms with Crippen molar-refractivity contribution in [2.45, 2.75) is 6.92 Å². The fourth-order valence-electron chi connectivity index (χ4n) is 2.07. The molecular formula is C17H17N3O6. The van der Waals surface area contributed by atoms with Crippen molar-refractivity contribution in [2.75, 3.05) is 24.4 Å². The highest BCUT2D eigenvalue weighted by Gasteiger charge is 2.17. The number of anilines is 2. The summed E-state index contributed by atoms with van der Waals surface area (Å²) < 4.78 is 10.3. The summed E-state index contributed by atoms with van der Waals surface area (Å²) in [5.41, 5.74) is 0.367. The third-order valence-electron chi connectivity index (χ3n) is 3.22. The van der Waals surface area contributed by atoms with Crippen LogP contribution in [0.1, 0.15) is 6.92 Å². The molecule has 2 amide bonds. The summed E-state index contributed by atoms with van der Waals surface area (Å²) in [4.78, 5) is 33.4. The van der Waals surface area contributed by atoms with E-state index in [1.54, 1.807) is 24.3 Å². The molecule has 2 rings (SSSR count). The van der Waals surface area contributed by atoms with E-state index >= 15 is 0 Å². The fraction of sp³-hybridized carbons (Fsp3) is 0.176. The van der Waals surface area contributed by atoms with Crippen LogP contribution in [0.15, 0.2) is 42.5 Å². The van der Waals surface area contributed by atoms with Crippen LogP contribution in [0.4, 0.5) is 17.1 Å². The largest absolute Gasteiger partial charge is 0.496 e. The van der Waals surface area contributed by atoms with Gasteiger partial charge >= 0.3 is 0 Å². The van der Waals surface area contributed by atoms with Gasteiger partial charge in [-0.3, -0.25) is 19.7 Å². The van der Waals surface area contributed by atoms with Crippen molar-refractivity contribution in [3.8, 4) is 11.5 Å². The SMILES string of the molecule is COc1ccc(NC(=O)COc2ccc(NC(C)=O)cc2)c([N+](=O)[O-])c1. The zero-order chi connectivity index (χ0) is 19.1. The standard InChI is InChI=1S/C17H17N3O6/c1-11(21)18-12-3-5-13(6-4-12)26-10-17(22)19-15-8-7-14(25-2)9-16(15)20(23)24/h3-9H,10H2,1-2H3,(H,18,21)(H,19,22). The Kier molecular flexibility index (Phi) is 6.10. The van der Waals surface area contributed by atoms with Crippen LogP contribution in [-0.2, 0) is 9.59 Å². The maximum Gasteiger partial charge on any atom is 0.296 e. The van der Waals surface area contributed by atoms with Gasteiger partial charge < -0.3 is 20.1 Å². The Labute approximate surface area is 149 Å². The van der Waals surface area contributed by atoms with Crippen LogP contribution in [0, 0.1) is 10.1 Å². The minimum atomic E-state index is -0.611. The Hall–Kier alpha value is -3.62. The van der Waals surface area contributed by atoms with Crippen molar-refractivity contribution in [3.63, 3.8) is 0 Å². The molecule has 0 saturated heterocycles. The van der Waals surface area contributed by atoms with E-state index in [9.17, 15) is 19.7 Å². The lowest BCUT2D eigenvalue weighted by Crippen LogP contribution is -2.20. The molecule has 0 aliphatic heterocycles. The Morgan fingerprint density at radius 1 is 1.08 bits per heavy atom. The number of rotatable bonds is 7. The Morgan fingerprint density at radius 3 is 2.31 bits per heavy atom. The summed E-state index contributed by atoms with van der Waals surface area (Å²) in [6.45, 7) is 1.07. The normalized spacial score (nSPS) is 9.92. The molecule has 0 atom stereocenters. The number of carbonyl (C=O) groups excluding carboxylic acids is 2. The first-order valence-corrected chi connectivity index (χ1v) is 7.52. The smallest absolute Gasteiger partial charge is 0.296 e. The van der Waals surface area contributed by atoms with E-state index in [0.717, 1.165) is 0 Å². The van der Waals surface area contributed by atoms with E-state index in [2.05, 4.69) is 10.6 Å². The number of carbonyl (C=O) groups is 2. The summed E-state index contributed by atoms with van der Waals surface area (Å²) in [5, 5.41) is 16.1. The molecule has 2 aromatic carbocycles. The summed E-state index contributed by atoms with van der Waals surface area (Å²) in [5.74, 6) is -0.0213. The van der Waals surface area contributed by atoms with Gasteiger partial charge in [0.15, 0.2) is 6.61 Å². The summed E-state index contributed by atoms with van der Waals surface area (Å²) >= 11 is 0. The molecule has 0 aromatic heterocycles. The van der Waals surface area contributed by atoms with Gasteiger partial charge in [-0.1, -0.05) is 0 Å². The quantitative estimate of drug-likeness (QED) is 0.579. The van der Waals surface area contributed by atoms with Crippen LogP contribution in [-0.4, -0.2) is 30.5 Å². The zero-order valence-corrected chi connectivity index (χ0v) is 14.1. The molecule has 0 aliphatic rings. The third-order valence-corrected chi connectivity index (χ3v) is 3.22. The first kappa shape index (κ1) is 18.7. The van der Waals surface area contributed by atoms with Crippen molar-refractivity contribution in [3.05, 3.63) is 52.6 Å². The van der Waals surface area contributed by atoms with Gasteiger partial charge in [-0.15, -0.1) is 0 Å². The summed E-state index contributed by atoms with van der Waals surface area (Å²) in [6, 6.07) is 10.5. The predicted molar refractivity (Wildman–Crippen MR) is 94.5 cm³/mol. The highest BCUT2D eigenvalue weighted by atomic mass is 16.6. The van der Waals surface area contributed by atoms with E-state index in [1.807, 2.05) is 0 Å². The molecule has 2 aromatic rings. The second-order valence-electron chi connectivity index (χ2n) is 5.18. The third kappa shape index (κ3) is 5.20. The minimum Gasteiger partial charge on any atom is -0.496 e. The first-order chi connectivity index (χ1) is 12.4. The van der Waals surface area contributed by atoms with E-state index in [1.165, 1.54) is 32.2 Å². The molecule has 0 bridgehead atoms. The lowest BCUT2D eigenvalue weighted by molar-refractivity contribution is -0.384. The fourth-order valence-corrected chi connectivity index (χ4v) is 2.07. The van der Waals surface area contributed by atoms with Gasteiger partial charge in [0, 0.05) is 12.6 Å². The molecule has 9 nitrogen and oxygen atoms in total. The Morgan fingerprint density at radius 2 is 1.73 bits per heavy atom. The maximum absolute atomic E-state index is 12.0. The zero-order valence-electron chi connectivity index (χ0n) is 14.1. The molecule has 0 saturated carbocycles. The van der Waals surface area contributed by atoms with Gasteiger partial charge in [0.25, 0.3) is 11.6 Å². The van der Waals surface area contributed by atoms with Crippen molar-refractivity contribution in [1.82, 2.24) is 0 Å². The molecule has 0 fully saturated rings. The molecule has 0 heterocycles. The Bertz CT molecular complexity index is 820. The highest BCUT2D eigenvalue weighted by Crippen LogP contribution is 2.28. The van der Waals surface area contributed by atoms with Crippen LogP contribution in [0.25, 0.3) is 0 Å². The van der Waals surface area contributed by atoms with Crippen molar-refractivity contribution in [1.29, 1.82) is 0 Å². The number of hydrogen-bond acceptors (Lipinski definition) is 6. The van der Waals surface area contributed by atoms with Crippen LogP contribution < -0.4 is 20.1 Å². The van der Waals surface area contributed by atoms with E-state index in [4.69, 9.17) is 9.47 Å². The molecule has 136 valence electrons. The number of nitro groups is 1. The van der Waals surface area contributed by atoms with E-state index in [0.29, 0.717) is 17.2 Å². The number of hydrogen-bond donors (Lipinski definition) is 2. The lowest BCUT2D eigenvalue weighted by atomic mass is 10.2. The van der Waals surface area contributed by atoms with Crippen LogP contribution in [0.3, 0.4) is 0 Å². The molecule has 0 aliphatic carbocycles. The van der Waals surface area contributed by atoms with Crippen LogP contribution in [0.5, 0.6) is 11.5 Å². The molecular weight excluding hydrogens is 342 g/mol. The van der Waals surface area contributed by atoms with Crippen molar-refractivity contribution in [2.24, 2.45) is 0 Å². The van der Waals surface area contributed by atoms with Gasteiger partial charge in [-0.25, -0.2) is 0 Å². The average molecular weight is 359 g/mol. The average Bonchev–Trinajstić information content (AvgIpc) is 2.61. The minimum absolute atomic E-state index is 0.0467. The van der Waals surface area contributed by atoms with Gasteiger partial charge in [0.1, 0.15) is 17.2 Å². The Balaban J connectivity index is 1.97. The molecule has 0 unspecified atom stereocenters. The maximum atomic E-state index is 12.0. The topological polar surface area (TPSA) is 120 Å². The summed E-state index contributed by atoms with van der Waals surface area (Å²) in [6.07, 6.45) is 0. The van der Waals surface area contributed by atoms with E-state index < -0.39 is 10.8 Å². The number of nitrogens with zero attached hydrogens (tertiary/aromatic N) is 1. The van der Waals surface area contributed by atoms with Crippen LogP contribution >= 0.6 is 0 Å². The molecule has 26 heavy (non-hydrogen) atoms. The first-order valence-electron chi connectivity index (χ1n) is 7.52. The number of benzene rings is 2. The number of nitro benzene ring substituents is 1. The summed E-state index contributed by atoms with van der Waals surface area (Å²) in [7, 11) is 1.39. The number of amides is 2. The highest BCUT2D eigenvalue weighted by molar-refractivity contribution is 5.94. The predicted octanol–water partition coefficient (Wildman–Crippen LogP) is 2.58. The van der Waals surface area contributed by atoms with Crippen molar-refractivity contribution >= 4 is 28.9 Å². The van der Waals surface area contributed by atoms with Gasteiger partial charge in [-0.05, 0) is 36.4 Å². The van der Waals surface area contributed by atoms with Gasteiger partial charge in [0.2, 0.25) is 5.91 Å². The number of ether oxygens (including phenoxy) is 2. The second-order valence-corrected chi connectivity index (χ2v) is 5.18. The number of nitrogens with one attached hydrogen (secondary N) is 2. The molecule has 0 radical (unpaired) electrons. The van der Waals surface area contributed by atoms with E-state index in [-0.39, 0.29) is 23.9 Å². The van der Waals surface area contributed by atoms with Gasteiger partial charge in [0.05, 0.1) is 18.1 Å². The van der Waals surface area contributed by atoms with Crippen LogP contribution in [0.2, 0.25) is 0 Å². The molecule has 0 spiro atoms.